The third-order valence-corrected chi connectivity index (χ3v) is 4.45. The molecule has 3 aromatic rings. The maximum atomic E-state index is 13.3. The molecule has 1 saturated carbocycles. The highest BCUT2D eigenvalue weighted by Gasteiger charge is 2.43. The van der Waals surface area contributed by atoms with Crippen LogP contribution in [0.25, 0.3) is 5.82 Å². The van der Waals surface area contributed by atoms with Crippen molar-refractivity contribution in [3.05, 3.63) is 78.3 Å². The quantitative estimate of drug-likeness (QED) is 0.779. The summed E-state index contributed by atoms with van der Waals surface area (Å²) in [5, 5.41) is 2.96. The SMILES string of the molecule is O=C(NCc1ccnc(-n2ccnc2)c1)C1CC1c1cccc(F)c1. The molecule has 1 aromatic carbocycles. The van der Waals surface area contributed by atoms with E-state index in [4.69, 9.17) is 0 Å². The highest BCUT2D eigenvalue weighted by Crippen LogP contribution is 2.47. The number of carbonyl (C=O) groups excluding carboxylic acids is 1. The molecular weight excluding hydrogens is 319 g/mol. The zero-order chi connectivity index (χ0) is 17.2. The van der Waals surface area contributed by atoms with Crippen LogP contribution < -0.4 is 5.32 Å². The highest BCUT2D eigenvalue weighted by molar-refractivity contribution is 5.82. The number of aromatic nitrogens is 3. The van der Waals surface area contributed by atoms with Gasteiger partial charge in [-0.2, -0.15) is 0 Å². The van der Waals surface area contributed by atoms with Gasteiger partial charge in [0.05, 0.1) is 0 Å². The molecule has 4 rings (SSSR count). The summed E-state index contributed by atoms with van der Waals surface area (Å²) in [7, 11) is 0. The van der Waals surface area contributed by atoms with Crippen molar-refractivity contribution in [2.24, 2.45) is 5.92 Å². The van der Waals surface area contributed by atoms with E-state index in [0.29, 0.717) is 6.54 Å². The molecule has 1 aliphatic carbocycles. The van der Waals surface area contributed by atoms with Crippen LogP contribution >= 0.6 is 0 Å². The molecule has 126 valence electrons. The Hall–Kier alpha value is -3.02. The van der Waals surface area contributed by atoms with E-state index < -0.39 is 0 Å². The van der Waals surface area contributed by atoms with E-state index in [9.17, 15) is 9.18 Å². The van der Waals surface area contributed by atoms with Crippen LogP contribution in [0, 0.1) is 11.7 Å². The van der Waals surface area contributed by atoms with Crippen molar-refractivity contribution < 1.29 is 9.18 Å². The number of hydrogen-bond acceptors (Lipinski definition) is 3. The maximum absolute atomic E-state index is 13.3. The largest absolute Gasteiger partial charge is 0.352 e. The van der Waals surface area contributed by atoms with Crippen LogP contribution in [-0.2, 0) is 11.3 Å². The number of nitrogens with one attached hydrogen (secondary N) is 1. The Labute approximate surface area is 144 Å². The monoisotopic (exact) mass is 336 g/mol. The number of amides is 1. The molecule has 0 saturated heterocycles. The van der Waals surface area contributed by atoms with Gasteiger partial charge < -0.3 is 5.32 Å². The first-order chi connectivity index (χ1) is 12.2. The lowest BCUT2D eigenvalue weighted by molar-refractivity contribution is -0.122. The van der Waals surface area contributed by atoms with E-state index in [-0.39, 0.29) is 23.6 Å². The van der Waals surface area contributed by atoms with Crippen molar-refractivity contribution >= 4 is 5.91 Å². The van der Waals surface area contributed by atoms with Crippen LogP contribution in [0.5, 0.6) is 0 Å². The van der Waals surface area contributed by atoms with Crippen molar-refractivity contribution in [2.75, 3.05) is 0 Å². The van der Waals surface area contributed by atoms with Gasteiger partial charge in [0.25, 0.3) is 0 Å². The highest BCUT2D eigenvalue weighted by atomic mass is 19.1. The summed E-state index contributed by atoms with van der Waals surface area (Å²) in [6.07, 6.45) is 7.67. The second-order valence-corrected chi connectivity index (χ2v) is 6.21. The summed E-state index contributed by atoms with van der Waals surface area (Å²) in [4.78, 5) is 20.6. The first kappa shape index (κ1) is 15.5. The summed E-state index contributed by atoms with van der Waals surface area (Å²) in [6, 6.07) is 10.3. The lowest BCUT2D eigenvalue weighted by Gasteiger charge is -2.07. The number of carbonyl (C=O) groups is 1. The van der Waals surface area contributed by atoms with Gasteiger partial charge in [0.15, 0.2) is 0 Å². The number of hydrogen-bond donors (Lipinski definition) is 1. The molecule has 1 N–H and O–H groups in total. The van der Waals surface area contributed by atoms with Crippen molar-refractivity contribution in [2.45, 2.75) is 18.9 Å². The lowest BCUT2D eigenvalue weighted by atomic mass is 10.1. The van der Waals surface area contributed by atoms with Gasteiger partial charge >= 0.3 is 0 Å². The predicted molar refractivity (Wildman–Crippen MR) is 90.5 cm³/mol. The normalized spacial score (nSPS) is 18.8. The van der Waals surface area contributed by atoms with Gasteiger partial charge in [-0.05, 0) is 47.7 Å². The molecule has 1 amide bonds. The summed E-state index contributed by atoms with van der Waals surface area (Å²) in [5.74, 6) is 0.558. The minimum Gasteiger partial charge on any atom is -0.352 e. The zero-order valence-corrected chi connectivity index (χ0v) is 13.5. The summed E-state index contributed by atoms with van der Waals surface area (Å²) < 4.78 is 15.1. The van der Waals surface area contributed by atoms with Crippen LogP contribution in [0.1, 0.15) is 23.5 Å². The van der Waals surface area contributed by atoms with E-state index in [2.05, 4.69) is 15.3 Å². The van der Waals surface area contributed by atoms with Crippen molar-refractivity contribution in [1.82, 2.24) is 19.9 Å². The molecular formula is C19H17FN4O. The van der Waals surface area contributed by atoms with E-state index in [1.165, 1.54) is 12.1 Å². The molecule has 0 aliphatic heterocycles. The molecule has 1 aliphatic rings. The molecule has 0 radical (unpaired) electrons. The number of nitrogens with zero attached hydrogens (tertiary/aromatic N) is 3. The lowest BCUT2D eigenvalue weighted by Crippen LogP contribution is -2.25. The summed E-state index contributed by atoms with van der Waals surface area (Å²) in [5.41, 5.74) is 1.86. The van der Waals surface area contributed by atoms with E-state index in [0.717, 1.165) is 23.4 Å². The van der Waals surface area contributed by atoms with Gasteiger partial charge in [-0.1, -0.05) is 12.1 Å². The number of imidazole rings is 1. The third-order valence-electron chi connectivity index (χ3n) is 4.45. The van der Waals surface area contributed by atoms with Crippen molar-refractivity contribution in [3.63, 3.8) is 0 Å². The van der Waals surface area contributed by atoms with E-state index in [1.54, 1.807) is 24.8 Å². The minimum absolute atomic E-state index is 0.00949. The second kappa shape index (κ2) is 6.47. The Morgan fingerprint density at radius 2 is 2.20 bits per heavy atom. The van der Waals surface area contributed by atoms with Crippen LogP contribution in [-0.4, -0.2) is 20.4 Å². The fourth-order valence-electron chi connectivity index (χ4n) is 3.02. The minimum atomic E-state index is -0.257. The van der Waals surface area contributed by atoms with Crippen molar-refractivity contribution in [3.8, 4) is 5.82 Å². The van der Waals surface area contributed by atoms with Gasteiger partial charge in [0, 0.05) is 31.1 Å². The first-order valence-electron chi connectivity index (χ1n) is 8.17. The Bertz CT molecular complexity index is 894. The zero-order valence-electron chi connectivity index (χ0n) is 13.5. The number of benzene rings is 1. The fraction of sp³-hybridized carbons (Fsp3) is 0.211. The Kier molecular flexibility index (Phi) is 4.01. The van der Waals surface area contributed by atoms with Crippen LogP contribution in [0.3, 0.4) is 0 Å². The molecule has 6 heteroatoms. The fourth-order valence-corrected chi connectivity index (χ4v) is 3.02. The Morgan fingerprint density at radius 1 is 1.28 bits per heavy atom. The topological polar surface area (TPSA) is 59.8 Å². The van der Waals surface area contributed by atoms with Gasteiger partial charge in [-0.15, -0.1) is 0 Å². The summed E-state index contributed by atoms with van der Waals surface area (Å²) >= 11 is 0. The molecule has 2 aromatic heterocycles. The average Bonchev–Trinajstić information content (AvgIpc) is 3.25. The second-order valence-electron chi connectivity index (χ2n) is 6.21. The molecule has 0 bridgehead atoms. The van der Waals surface area contributed by atoms with Crippen LogP contribution in [0.4, 0.5) is 4.39 Å². The van der Waals surface area contributed by atoms with Gasteiger partial charge in [0.1, 0.15) is 18.0 Å². The van der Waals surface area contributed by atoms with E-state index in [1.807, 2.05) is 29.0 Å². The van der Waals surface area contributed by atoms with Gasteiger partial charge in [-0.25, -0.2) is 14.4 Å². The van der Waals surface area contributed by atoms with Gasteiger partial charge in [0.2, 0.25) is 5.91 Å². The molecule has 2 atom stereocenters. The predicted octanol–water partition coefficient (Wildman–Crippen LogP) is 2.83. The number of rotatable bonds is 5. The molecule has 2 unspecified atom stereocenters. The smallest absolute Gasteiger partial charge is 0.224 e. The third kappa shape index (κ3) is 3.42. The number of pyridine rings is 1. The summed E-state index contributed by atoms with van der Waals surface area (Å²) in [6.45, 7) is 0.440. The van der Waals surface area contributed by atoms with E-state index >= 15 is 0 Å². The molecule has 25 heavy (non-hydrogen) atoms. The molecule has 1 fully saturated rings. The molecule has 5 nitrogen and oxygen atoms in total. The first-order valence-corrected chi connectivity index (χ1v) is 8.17. The average molecular weight is 336 g/mol. The van der Waals surface area contributed by atoms with Crippen molar-refractivity contribution in [1.29, 1.82) is 0 Å². The Balaban J connectivity index is 1.36. The number of halogens is 1. The van der Waals surface area contributed by atoms with Crippen LogP contribution in [0.2, 0.25) is 0 Å². The maximum Gasteiger partial charge on any atom is 0.224 e. The standard InChI is InChI=1S/C19H17FN4O/c20-15-3-1-2-14(9-15)16-10-17(16)19(25)23-11-13-4-5-22-18(8-13)24-7-6-21-12-24/h1-9,12,16-17H,10-11H2,(H,23,25). The molecule has 2 heterocycles. The molecule has 0 spiro atoms. The Morgan fingerprint density at radius 3 is 3.00 bits per heavy atom. The van der Waals surface area contributed by atoms with Crippen LogP contribution in [0.15, 0.2) is 61.3 Å². The van der Waals surface area contributed by atoms with Gasteiger partial charge in [-0.3, -0.25) is 9.36 Å².